The van der Waals surface area contributed by atoms with Crippen molar-refractivity contribution in [1.29, 1.82) is 0 Å². The van der Waals surface area contributed by atoms with Gasteiger partial charge >= 0.3 is 0 Å². The molecule has 0 aromatic carbocycles. The molecule has 2 aliphatic heterocycles. The summed E-state index contributed by atoms with van der Waals surface area (Å²) >= 11 is 0. The summed E-state index contributed by atoms with van der Waals surface area (Å²) < 4.78 is 5.62. The Bertz CT molecular complexity index is 464. The summed E-state index contributed by atoms with van der Waals surface area (Å²) in [5.74, 6) is 1.02. The molecule has 2 saturated heterocycles. The first-order valence-electron chi connectivity index (χ1n) is 11.9. The summed E-state index contributed by atoms with van der Waals surface area (Å²) in [6, 6.07) is 0.552. The van der Waals surface area contributed by atoms with Gasteiger partial charge in [0, 0.05) is 44.3 Å². The number of piperidine rings is 1. The van der Waals surface area contributed by atoms with Crippen molar-refractivity contribution in [2.75, 3.05) is 59.0 Å². The lowest BCUT2D eigenvalue weighted by Gasteiger charge is -2.47. The van der Waals surface area contributed by atoms with Gasteiger partial charge in [0.15, 0.2) is 5.96 Å². The molecular formula is C22H43N5O. The van der Waals surface area contributed by atoms with Crippen molar-refractivity contribution in [3.8, 4) is 0 Å². The Labute approximate surface area is 172 Å². The minimum atomic E-state index is 0.245. The summed E-state index contributed by atoms with van der Waals surface area (Å²) in [5, 5.41) is 7.26. The number of morpholine rings is 1. The van der Waals surface area contributed by atoms with Gasteiger partial charge in [-0.25, -0.2) is 0 Å². The molecule has 0 unspecified atom stereocenters. The summed E-state index contributed by atoms with van der Waals surface area (Å²) in [6.07, 6.45) is 10.3. The summed E-state index contributed by atoms with van der Waals surface area (Å²) in [4.78, 5) is 10.4. The molecule has 2 N–H and O–H groups in total. The second kappa shape index (κ2) is 11.4. The first kappa shape index (κ1) is 21.8. The molecule has 1 aliphatic carbocycles. The Hall–Kier alpha value is -0.850. The van der Waals surface area contributed by atoms with Crippen LogP contribution in [0.2, 0.25) is 0 Å². The number of rotatable bonds is 7. The molecule has 0 aromatic heterocycles. The summed E-state index contributed by atoms with van der Waals surface area (Å²) in [7, 11) is 0. The molecule has 1 saturated carbocycles. The first-order chi connectivity index (χ1) is 13.8. The van der Waals surface area contributed by atoms with Gasteiger partial charge in [-0.3, -0.25) is 9.89 Å². The number of nitrogens with one attached hydrogen (secondary N) is 2. The Morgan fingerprint density at radius 3 is 2.39 bits per heavy atom. The second-order valence-corrected chi connectivity index (χ2v) is 8.84. The maximum atomic E-state index is 5.62. The first-order valence-corrected chi connectivity index (χ1v) is 11.9. The van der Waals surface area contributed by atoms with E-state index in [0.29, 0.717) is 6.04 Å². The fraction of sp³-hybridized carbons (Fsp3) is 0.955. The lowest BCUT2D eigenvalue weighted by atomic mass is 9.80. The van der Waals surface area contributed by atoms with E-state index in [-0.39, 0.29) is 5.54 Å². The van der Waals surface area contributed by atoms with Gasteiger partial charge in [-0.1, -0.05) is 26.2 Å². The largest absolute Gasteiger partial charge is 0.379 e. The molecule has 6 heteroatoms. The lowest BCUT2D eigenvalue weighted by molar-refractivity contribution is -0.0333. The van der Waals surface area contributed by atoms with Crippen LogP contribution in [0.5, 0.6) is 0 Å². The highest BCUT2D eigenvalue weighted by Gasteiger charge is 2.38. The van der Waals surface area contributed by atoms with E-state index >= 15 is 0 Å². The minimum Gasteiger partial charge on any atom is -0.379 e. The number of ether oxygens (including phenoxy) is 1. The predicted molar refractivity (Wildman–Crippen MR) is 117 cm³/mol. The van der Waals surface area contributed by atoms with Gasteiger partial charge in [-0.05, 0) is 45.6 Å². The van der Waals surface area contributed by atoms with Crippen LogP contribution in [0.4, 0.5) is 0 Å². The van der Waals surface area contributed by atoms with Crippen LogP contribution in [-0.2, 0) is 4.74 Å². The van der Waals surface area contributed by atoms with E-state index in [0.717, 1.165) is 45.4 Å². The zero-order valence-corrected chi connectivity index (χ0v) is 18.3. The quantitative estimate of drug-likeness (QED) is 0.514. The number of nitrogens with zero attached hydrogens (tertiary/aromatic N) is 3. The van der Waals surface area contributed by atoms with Gasteiger partial charge in [-0.2, -0.15) is 0 Å². The van der Waals surface area contributed by atoms with Crippen molar-refractivity contribution in [3.05, 3.63) is 0 Å². The summed E-state index contributed by atoms with van der Waals surface area (Å²) in [5.41, 5.74) is 0.245. The molecular weight excluding hydrogens is 350 g/mol. The number of hydrogen-bond acceptors (Lipinski definition) is 4. The maximum absolute atomic E-state index is 5.62. The third-order valence-electron chi connectivity index (χ3n) is 6.81. The second-order valence-electron chi connectivity index (χ2n) is 8.84. The number of likely N-dealkylation sites (tertiary alicyclic amines) is 1. The van der Waals surface area contributed by atoms with E-state index in [4.69, 9.17) is 9.73 Å². The standard InChI is InChI=1S/C22H43N5O/c1-3-12-26-13-8-20(9-14-26)25-21(23-4-2)24-19-22(10-6-5-7-11-22)27-15-17-28-18-16-27/h20H,3-19H2,1-2H3,(H2,23,24,25). The lowest BCUT2D eigenvalue weighted by Crippen LogP contribution is -2.57. The van der Waals surface area contributed by atoms with Crippen LogP contribution >= 0.6 is 0 Å². The molecule has 0 aromatic rings. The molecule has 162 valence electrons. The zero-order valence-electron chi connectivity index (χ0n) is 18.3. The number of aliphatic imine (C=N–C) groups is 1. The third kappa shape index (κ3) is 6.07. The average Bonchev–Trinajstić information content (AvgIpc) is 2.75. The fourth-order valence-corrected chi connectivity index (χ4v) is 5.18. The van der Waals surface area contributed by atoms with Crippen molar-refractivity contribution >= 4 is 5.96 Å². The average molecular weight is 394 g/mol. The third-order valence-corrected chi connectivity index (χ3v) is 6.81. The molecule has 3 aliphatic rings. The molecule has 2 heterocycles. The van der Waals surface area contributed by atoms with Gasteiger partial charge in [0.2, 0.25) is 0 Å². The van der Waals surface area contributed by atoms with Crippen molar-refractivity contribution in [3.63, 3.8) is 0 Å². The van der Waals surface area contributed by atoms with Crippen LogP contribution in [0.3, 0.4) is 0 Å². The molecule has 3 fully saturated rings. The molecule has 0 bridgehead atoms. The Morgan fingerprint density at radius 2 is 1.75 bits per heavy atom. The zero-order chi connectivity index (χ0) is 19.7. The van der Waals surface area contributed by atoms with Gasteiger partial charge in [-0.15, -0.1) is 0 Å². The van der Waals surface area contributed by atoms with E-state index in [1.54, 1.807) is 0 Å². The van der Waals surface area contributed by atoms with E-state index in [1.807, 2.05) is 0 Å². The molecule has 28 heavy (non-hydrogen) atoms. The van der Waals surface area contributed by atoms with Crippen molar-refractivity contribution in [1.82, 2.24) is 20.4 Å². The van der Waals surface area contributed by atoms with Crippen LogP contribution in [0.1, 0.15) is 65.2 Å². The van der Waals surface area contributed by atoms with Crippen molar-refractivity contribution in [2.24, 2.45) is 4.99 Å². The Balaban J connectivity index is 1.60. The Kier molecular flexibility index (Phi) is 8.87. The predicted octanol–water partition coefficient (Wildman–Crippen LogP) is 2.45. The molecule has 0 amide bonds. The van der Waals surface area contributed by atoms with E-state index in [2.05, 4.69) is 34.3 Å². The highest BCUT2D eigenvalue weighted by Crippen LogP contribution is 2.34. The smallest absolute Gasteiger partial charge is 0.191 e. The maximum Gasteiger partial charge on any atom is 0.191 e. The van der Waals surface area contributed by atoms with Crippen LogP contribution in [0, 0.1) is 0 Å². The normalized spacial score (nSPS) is 25.6. The van der Waals surface area contributed by atoms with Crippen LogP contribution in [0.15, 0.2) is 4.99 Å². The monoisotopic (exact) mass is 393 g/mol. The number of guanidine groups is 1. The van der Waals surface area contributed by atoms with E-state index in [9.17, 15) is 0 Å². The highest BCUT2D eigenvalue weighted by atomic mass is 16.5. The fourth-order valence-electron chi connectivity index (χ4n) is 5.18. The highest BCUT2D eigenvalue weighted by molar-refractivity contribution is 5.80. The van der Waals surface area contributed by atoms with Gasteiger partial charge in [0.1, 0.15) is 0 Å². The minimum absolute atomic E-state index is 0.245. The summed E-state index contributed by atoms with van der Waals surface area (Å²) in [6.45, 7) is 13.8. The van der Waals surface area contributed by atoms with Crippen LogP contribution < -0.4 is 10.6 Å². The molecule has 0 spiro atoms. The van der Waals surface area contributed by atoms with E-state index in [1.165, 1.54) is 71.0 Å². The molecule has 3 rings (SSSR count). The van der Waals surface area contributed by atoms with Crippen LogP contribution in [0.25, 0.3) is 0 Å². The van der Waals surface area contributed by atoms with Crippen molar-refractivity contribution in [2.45, 2.75) is 76.8 Å². The SMILES string of the molecule is CCCN1CCC(NC(=NCC2(N3CCOCC3)CCCCC2)NCC)CC1. The topological polar surface area (TPSA) is 52.1 Å². The van der Waals surface area contributed by atoms with Gasteiger partial charge in [0.25, 0.3) is 0 Å². The molecule has 0 atom stereocenters. The molecule has 0 radical (unpaired) electrons. The van der Waals surface area contributed by atoms with Crippen LogP contribution in [-0.4, -0.2) is 86.4 Å². The van der Waals surface area contributed by atoms with Gasteiger partial charge < -0.3 is 20.3 Å². The van der Waals surface area contributed by atoms with Gasteiger partial charge in [0.05, 0.1) is 19.8 Å². The number of hydrogen-bond donors (Lipinski definition) is 2. The van der Waals surface area contributed by atoms with E-state index < -0.39 is 0 Å². The van der Waals surface area contributed by atoms with Crippen molar-refractivity contribution < 1.29 is 4.74 Å². The molecule has 6 nitrogen and oxygen atoms in total. The Morgan fingerprint density at radius 1 is 1.04 bits per heavy atom.